The maximum atomic E-state index is 12.2. The lowest BCUT2D eigenvalue weighted by molar-refractivity contribution is -0.117. The molecule has 24 heavy (non-hydrogen) atoms. The van der Waals surface area contributed by atoms with Gasteiger partial charge >= 0.3 is 0 Å². The number of amides is 1. The number of sulfonamides is 1. The van der Waals surface area contributed by atoms with E-state index in [1.807, 2.05) is 0 Å². The molecular formula is C16H24ClN3O3S. The van der Waals surface area contributed by atoms with Crippen molar-refractivity contribution in [1.29, 1.82) is 0 Å². The molecule has 1 saturated heterocycles. The van der Waals surface area contributed by atoms with E-state index in [1.54, 1.807) is 0 Å². The second-order valence-corrected chi connectivity index (χ2v) is 8.99. The Labute approximate surface area is 148 Å². The Bertz CT molecular complexity index is 699. The van der Waals surface area contributed by atoms with Crippen LogP contribution >= 0.6 is 11.6 Å². The minimum absolute atomic E-state index is 0.0963. The Hall–Kier alpha value is -1.15. The SMILES string of the molecule is CC1CCN(CC(=O)Nc2cc(S(=O)(=O)N(C)C)ccc2Cl)CC1. The summed E-state index contributed by atoms with van der Waals surface area (Å²) in [7, 11) is -0.657. The number of carbonyl (C=O) groups excluding carboxylic acids is 1. The Kier molecular flexibility index (Phi) is 6.25. The molecule has 0 spiro atoms. The summed E-state index contributed by atoms with van der Waals surface area (Å²) in [6.45, 7) is 4.30. The fourth-order valence-corrected chi connectivity index (χ4v) is 3.68. The molecule has 1 heterocycles. The Morgan fingerprint density at radius 2 is 1.96 bits per heavy atom. The van der Waals surface area contributed by atoms with Crippen LogP contribution in [-0.4, -0.2) is 57.3 Å². The normalized spacial score (nSPS) is 17.2. The van der Waals surface area contributed by atoms with Crippen LogP contribution in [0.15, 0.2) is 23.1 Å². The zero-order valence-electron chi connectivity index (χ0n) is 14.3. The maximum Gasteiger partial charge on any atom is 0.242 e. The number of benzene rings is 1. The third-order valence-electron chi connectivity index (χ3n) is 4.23. The van der Waals surface area contributed by atoms with E-state index in [2.05, 4.69) is 17.1 Å². The van der Waals surface area contributed by atoms with Crippen LogP contribution in [0.1, 0.15) is 19.8 Å². The van der Waals surface area contributed by atoms with Gasteiger partial charge in [0, 0.05) is 14.1 Å². The molecular weight excluding hydrogens is 350 g/mol. The van der Waals surface area contributed by atoms with Gasteiger partial charge in [-0.05, 0) is 50.0 Å². The molecule has 0 bridgehead atoms. The average Bonchev–Trinajstić information content (AvgIpc) is 2.51. The molecule has 1 aromatic carbocycles. The van der Waals surface area contributed by atoms with E-state index >= 15 is 0 Å². The average molecular weight is 374 g/mol. The minimum Gasteiger partial charge on any atom is -0.324 e. The second kappa shape index (κ2) is 7.82. The predicted octanol–water partition coefficient (Wildman–Crippen LogP) is 2.26. The minimum atomic E-state index is -3.57. The molecule has 6 nitrogen and oxygen atoms in total. The molecule has 1 N–H and O–H groups in total. The van der Waals surface area contributed by atoms with Crippen molar-refractivity contribution in [2.75, 3.05) is 39.0 Å². The van der Waals surface area contributed by atoms with E-state index in [4.69, 9.17) is 11.6 Å². The van der Waals surface area contributed by atoms with Crippen molar-refractivity contribution in [2.45, 2.75) is 24.7 Å². The van der Waals surface area contributed by atoms with E-state index in [-0.39, 0.29) is 17.3 Å². The van der Waals surface area contributed by atoms with Crippen molar-refractivity contribution in [3.8, 4) is 0 Å². The summed E-state index contributed by atoms with van der Waals surface area (Å²) in [4.78, 5) is 14.4. The largest absolute Gasteiger partial charge is 0.324 e. The summed E-state index contributed by atoms with van der Waals surface area (Å²) in [5, 5.41) is 3.04. The standard InChI is InChI=1S/C16H24ClN3O3S/c1-12-6-8-20(9-7-12)11-16(21)18-15-10-13(4-5-14(15)17)24(22,23)19(2)3/h4-5,10,12H,6-9,11H2,1-3H3,(H,18,21). The van der Waals surface area contributed by atoms with Gasteiger partial charge in [0.15, 0.2) is 0 Å². The predicted molar refractivity (Wildman–Crippen MR) is 95.8 cm³/mol. The molecule has 0 atom stereocenters. The number of piperidine rings is 1. The lowest BCUT2D eigenvalue weighted by atomic mass is 9.99. The zero-order chi connectivity index (χ0) is 17.9. The number of halogens is 1. The molecule has 0 aliphatic carbocycles. The van der Waals surface area contributed by atoms with Gasteiger partial charge in [-0.2, -0.15) is 0 Å². The maximum absolute atomic E-state index is 12.2. The lowest BCUT2D eigenvalue weighted by Crippen LogP contribution is -2.38. The molecule has 134 valence electrons. The van der Waals surface area contributed by atoms with E-state index in [1.165, 1.54) is 32.3 Å². The fraction of sp³-hybridized carbons (Fsp3) is 0.562. The summed E-state index contributed by atoms with van der Waals surface area (Å²) in [6, 6.07) is 4.31. The van der Waals surface area contributed by atoms with Gasteiger partial charge in [-0.25, -0.2) is 12.7 Å². The van der Waals surface area contributed by atoms with Crippen LogP contribution in [0.5, 0.6) is 0 Å². The van der Waals surface area contributed by atoms with Crippen molar-refractivity contribution in [3.63, 3.8) is 0 Å². The number of rotatable bonds is 5. The van der Waals surface area contributed by atoms with Crippen molar-refractivity contribution < 1.29 is 13.2 Å². The summed E-state index contributed by atoms with van der Waals surface area (Å²) in [5.74, 6) is 0.512. The fourth-order valence-electron chi connectivity index (χ4n) is 2.58. The van der Waals surface area contributed by atoms with E-state index in [9.17, 15) is 13.2 Å². The molecule has 0 aromatic heterocycles. The molecule has 1 aliphatic rings. The Morgan fingerprint density at radius 3 is 2.54 bits per heavy atom. The highest BCUT2D eigenvalue weighted by Crippen LogP contribution is 2.26. The summed E-state index contributed by atoms with van der Waals surface area (Å²) >= 11 is 6.10. The van der Waals surface area contributed by atoms with Gasteiger partial charge in [-0.3, -0.25) is 9.69 Å². The summed E-state index contributed by atoms with van der Waals surface area (Å²) < 4.78 is 25.5. The monoisotopic (exact) mass is 373 g/mol. The van der Waals surface area contributed by atoms with E-state index in [0.29, 0.717) is 16.6 Å². The van der Waals surface area contributed by atoms with Gasteiger partial charge in [-0.15, -0.1) is 0 Å². The van der Waals surface area contributed by atoms with Crippen molar-refractivity contribution >= 4 is 33.2 Å². The van der Waals surface area contributed by atoms with Crippen LogP contribution in [0.3, 0.4) is 0 Å². The van der Waals surface area contributed by atoms with Crippen molar-refractivity contribution in [3.05, 3.63) is 23.2 Å². The first-order valence-corrected chi connectivity index (χ1v) is 9.76. The number of anilines is 1. The van der Waals surface area contributed by atoms with Gasteiger partial charge in [0.1, 0.15) is 0 Å². The number of nitrogens with zero attached hydrogens (tertiary/aromatic N) is 2. The molecule has 1 aliphatic heterocycles. The van der Waals surface area contributed by atoms with Gasteiger partial charge in [0.05, 0.1) is 22.2 Å². The van der Waals surface area contributed by atoms with E-state index < -0.39 is 10.0 Å². The van der Waals surface area contributed by atoms with Crippen LogP contribution in [0, 0.1) is 5.92 Å². The third-order valence-corrected chi connectivity index (χ3v) is 6.37. The highest BCUT2D eigenvalue weighted by Gasteiger charge is 2.21. The first-order valence-electron chi connectivity index (χ1n) is 7.94. The molecule has 2 rings (SSSR count). The molecule has 1 fully saturated rings. The molecule has 1 aromatic rings. The van der Waals surface area contributed by atoms with Gasteiger partial charge in [-0.1, -0.05) is 18.5 Å². The van der Waals surface area contributed by atoms with Crippen molar-refractivity contribution in [1.82, 2.24) is 9.21 Å². The van der Waals surface area contributed by atoms with Gasteiger partial charge in [0.25, 0.3) is 0 Å². The van der Waals surface area contributed by atoms with Crippen LogP contribution in [0.4, 0.5) is 5.69 Å². The number of hydrogen-bond acceptors (Lipinski definition) is 4. The molecule has 1 amide bonds. The number of nitrogens with one attached hydrogen (secondary N) is 1. The molecule has 0 radical (unpaired) electrons. The summed E-state index contributed by atoms with van der Waals surface area (Å²) in [5.41, 5.74) is 0.315. The molecule has 0 unspecified atom stereocenters. The smallest absolute Gasteiger partial charge is 0.242 e. The zero-order valence-corrected chi connectivity index (χ0v) is 15.8. The van der Waals surface area contributed by atoms with Crippen LogP contribution in [0.2, 0.25) is 5.02 Å². The lowest BCUT2D eigenvalue weighted by Gasteiger charge is -2.29. The Balaban J connectivity index is 2.07. The number of hydrogen-bond donors (Lipinski definition) is 1. The molecule has 8 heteroatoms. The first-order chi connectivity index (χ1) is 11.2. The van der Waals surface area contributed by atoms with Gasteiger partial charge < -0.3 is 5.32 Å². The highest BCUT2D eigenvalue weighted by molar-refractivity contribution is 7.89. The number of likely N-dealkylation sites (tertiary alicyclic amines) is 1. The highest BCUT2D eigenvalue weighted by atomic mass is 35.5. The first kappa shape index (κ1) is 19.2. The second-order valence-electron chi connectivity index (χ2n) is 6.44. The van der Waals surface area contributed by atoms with Crippen molar-refractivity contribution in [2.24, 2.45) is 5.92 Å². The summed E-state index contributed by atoms with van der Waals surface area (Å²) in [6.07, 6.45) is 2.18. The quantitative estimate of drug-likeness (QED) is 0.859. The van der Waals surface area contributed by atoms with Gasteiger partial charge in [0.2, 0.25) is 15.9 Å². The van der Waals surface area contributed by atoms with E-state index in [0.717, 1.165) is 30.2 Å². The van der Waals surface area contributed by atoms with Crippen LogP contribution < -0.4 is 5.32 Å². The Morgan fingerprint density at radius 1 is 1.33 bits per heavy atom. The number of carbonyl (C=O) groups is 1. The van der Waals surface area contributed by atoms with Crippen LogP contribution in [0.25, 0.3) is 0 Å². The molecule has 0 saturated carbocycles. The topological polar surface area (TPSA) is 69.7 Å². The van der Waals surface area contributed by atoms with Crippen LogP contribution in [-0.2, 0) is 14.8 Å². The third kappa shape index (κ3) is 4.69.